The number of rotatable bonds is 5. The van der Waals surface area contributed by atoms with E-state index in [4.69, 9.17) is 5.73 Å². The highest BCUT2D eigenvalue weighted by molar-refractivity contribution is 5.88. The van der Waals surface area contributed by atoms with Gasteiger partial charge in [-0.25, -0.2) is 0 Å². The fraction of sp³-hybridized carbons (Fsp3) is 0.333. The van der Waals surface area contributed by atoms with Gasteiger partial charge >= 0.3 is 5.97 Å². The van der Waals surface area contributed by atoms with E-state index in [1.165, 1.54) is 7.11 Å². The number of esters is 1. The Morgan fingerprint density at radius 1 is 1.36 bits per heavy atom. The minimum Gasteiger partial charge on any atom is -0.468 e. The van der Waals surface area contributed by atoms with E-state index in [1.54, 1.807) is 0 Å². The Kier molecular flexibility index (Phi) is 6.39. The zero-order valence-electron chi connectivity index (χ0n) is 12.5. The Bertz CT molecular complexity index is 669. The molecule has 120 valence electrons. The number of nitrogens with zero attached hydrogens (tertiary/aromatic N) is 1. The van der Waals surface area contributed by atoms with Gasteiger partial charge in [-0.05, 0) is 18.1 Å². The van der Waals surface area contributed by atoms with Crippen LogP contribution in [0.25, 0.3) is 10.9 Å². The second-order valence-electron chi connectivity index (χ2n) is 4.89. The Morgan fingerprint density at radius 3 is 2.73 bits per heavy atom. The lowest BCUT2D eigenvalue weighted by Gasteiger charge is -2.11. The molecule has 0 saturated carbocycles. The molecule has 0 radical (unpaired) electrons. The molecule has 3 N–H and O–H groups in total. The second-order valence-corrected chi connectivity index (χ2v) is 4.89. The van der Waals surface area contributed by atoms with E-state index in [0.717, 1.165) is 16.5 Å². The summed E-state index contributed by atoms with van der Waals surface area (Å²) in [6, 6.07) is 7.23. The first-order chi connectivity index (χ1) is 10.0. The number of halogens is 1. The van der Waals surface area contributed by atoms with Crippen molar-refractivity contribution >= 4 is 35.2 Å². The van der Waals surface area contributed by atoms with Gasteiger partial charge in [-0.1, -0.05) is 18.2 Å². The fourth-order valence-electron chi connectivity index (χ4n) is 2.28. The lowest BCUT2D eigenvalue weighted by atomic mass is 10.1. The van der Waals surface area contributed by atoms with E-state index in [9.17, 15) is 9.59 Å². The van der Waals surface area contributed by atoms with E-state index >= 15 is 0 Å². The molecule has 1 heterocycles. The molecule has 0 unspecified atom stereocenters. The van der Waals surface area contributed by atoms with Crippen LogP contribution in [0.4, 0.5) is 0 Å². The Labute approximate surface area is 135 Å². The third kappa shape index (κ3) is 3.99. The molecule has 0 fully saturated rings. The molecule has 2 rings (SSSR count). The van der Waals surface area contributed by atoms with Crippen LogP contribution >= 0.6 is 12.4 Å². The molecule has 0 aliphatic heterocycles. The molecule has 0 saturated heterocycles. The number of aryl methyl sites for hydroxylation is 1. The number of nitrogens with two attached hydrogens (primary N) is 1. The second kappa shape index (κ2) is 7.82. The van der Waals surface area contributed by atoms with Crippen LogP contribution in [0.5, 0.6) is 0 Å². The molecule has 1 atom stereocenters. The predicted octanol–water partition coefficient (Wildman–Crippen LogP) is 0.759. The summed E-state index contributed by atoms with van der Waals surface area (Å²) < 4.78 is 6.47. The van der Waals surface area contributed by atoms with Crippen LogP contribution in [0.2, 0.25) is 0 Å². The van der Waals surface area contributed by atoms with Crippen molar-refractivity contribution in [3.8, 4) is 0 Å². The van der Waals surface area contributed by atoms with Crippen LogP contribution in [0, 0.1) is 0 Å². The molecule has 2 aromatic rings. The van der Waals surface area contributed by atoms with Gasteiger partial charge in [0.25, 0.3) is 0 Å². The fourth-order valence-corrected chi connectivity index (χ4v) is 2.28. The summed E-state index contributed by atoms with van der Waals surface area (Å²) in [6.07, 6.45) is 2.38. The number of hydrogen-bond acceptors (Lipinski definition) is 4. The van der Waals surface area contributed by atoms with Gasteiger partial charge in [-0.2, -0.15) is 0 Å². The highest BCUT2D eigenvalue weighted by Gasteiger charge is 2.17. The third-order valence-corrected chi connectivity index (χ3v) is 3.39. The average molecular weight is 326 g/mol. The molecule has 0 aliphatic rings. The summed E-state index contributed by atoms with van der Waals surface area (Å²) in [5.74, 6) is -0.867. The van der Waals surface area contributed by atoms with Gasteiger partial charge in [0.1, 0.15) is 6.54 Å². The van der Waals surface area contributed by atoms with Crippen molar-refractivity contribution in [2.45, 2.75) is 12.5 Å². The highest BCUT2D eigenvalue weighted by Crippen LogP contribution is 2.21. The Hall–Kier alpha value is -2.05. The molecule has 1 aromatic heterocycles. The van der Waals surface area contributed by atoms with Gasteiger partial charge in [0.15, 0.2) is 0 Å². The smallest absolute Gasteiger partial charge is 0.325 e. The number of nitrogens with one attached hydrogen (secondary N) is 1. The lowest BCUT2D eigenvalue weighted by Crippen LogP contribution is -2.44. The SMILES string of the molecule is COC(=O)CNC(=O)[C@H](N)Cc1cn(C)c2ccccc12.Cl. The molecule has 1 aromatic carbocycles. The lowest BCUT2D eigenvalue weighted by molar-refractivity contribution is -0.141. The topological polar surface area (TPSA) is 86.3 Å². The number of para-hydroxylation sites is 1. The standard InChI is InChI=1S/C15H19N3O3.ClH/c1-18-9-10(11-5-3-4-6-13(11)18)7-12(16)15(20)17-8-14(19)21-2;/h3-6,9,12H,7-8,16H2,1-2H3,(H,17,20);1H/t12-;/m1./s1. The van der Waals surface area contributed by atoms with Gasteiger partial charge in [-0.15, -0.1) is 12.4 Å². The van der Waals surface area contributed by atoms with Crippen LogP contribution in [-0.4, -0.2) is 36.1 Å². The minimum absolute atomic E-state index is 0. The van der Waals surface area contributed by atoms with E-state index in [-0.39, 0.29) is 24.9 Å². The maximum Gasteiger partial charge on any atom is 0.325 e. The minimum atomic E-state index is -0.708. The first-order valence-corrected chi connectivity index (χ1v) is 6.66. The number of aromatic nitrogens is 1. The molecule has 6 nitrogen and oxygen atoms in total. The van der Waals surface area contributed by atoms with Crippen molar-refractivity contribution in [3.05, 3.63) is 36.0 Å². The third-order valence-electron chi connectivity index (χ3n) is 3.39. The molecule has 1 amide bonds. The molecule has 0 spiro atoms. The first-order valence-electron chi connectivity index (χ1n) is 6.66. The van der Waals surface area contributed by atoms with Crippen molar-refractivity contribution in [1.29, 1.82) is 0 Å². The molecule has 0 aliphatic carbocycles. The van der Waals surface area contributed by atoms with Gasteiger partial charge in [0.2, 0.25) is 5.91 Å². The quantitative estimate of drug-likeness (QED) is 0.795. The number of amides is 1. The van der Waals surface area contributed by atoms with Gasteiger partial charge in [-0.3, -0.25) is 9.59 Å². The van der Waals surface area contributed by atoms with Gasteiger partial charge in [0, 0.05) is 24.1 Å². The molecular formula is C15H20ClN3O3. The van der Waals surface area contributed by atoms with E-state index in [1.807, 2.05) is 42.1 Å². The van der Waals surface area contributed by atoms with Crippen LogP contribution in [0.15, 0.2) is 30.5 Å². The van der Waals surface area contributed by atoms with Crippen LogP contribution in [0.1, 0.15) is 5.56 Å². The molecule has 7 heteroatoms. The van der Waals surface area contributed by atoms with Crippen LogP contribution < -0.4 is 11.1 Å². The summed E-state index contributed by atoms with van der Waals surface area (Å²) in [6.45, 7) is -0.168. The van der Waals surface area contributed by atoms with Crippen molar-refractivity contribution < 1.29 is 14.3 Å². The molecule has 0 bridgehead atoms. The first kappa shape index (κ1) is 18.0. The van der Waals surface area contributed by atoms with E-state index in [0.29, 0.717) is 6.42 Å². The zero-order chi connectivity index (χ0) is 15.4. The largest absolute Gasteiger partial charge is 0.468 e. The number of benzene rings is 1. The monoisotopic (exact) mass is 325 g/mol. The van der Waals surface area contributed by atoms with E-state index < -0.39 is 12.0 Å². The number of ether oxygens (including phenoxy) is 1. The van der Waals surface area contributed by atoms with Crippen molar-refractivity contribution in [3.63, 3.8) is 0 Å². The summed E-state index contributed by atoms with van der Waals surface area (Å²) >= 11 is 0. The maximum absolute atomic E-state index is 11.9. The van der Waals surface area contributed by atoms with Crippen molar-refractivity contribution in [2.75, 3.05) is 13.7 Å². The summed E-state index contributed by atoms with van der Waals surface area (Å²) in [4.78, 5) is 22.9. The van der Waals surface area contributed by atoms with Crippen LogP contribution in [0.3, 0.4) is 0 Å². The Morgan fingerprint density at radius 2 is 2.05 bits per heavy atom. The van der Waals surface area contributed by atoms with Crippen molar-refractivity contribution in [1.82, 2.24) is 9.88 Å². The summed E-state index contributed by atoms with van der Waals surface area (Å²) in [7, 11) is 3.22. The number of carbonyl (C=O) groups is 2. The summed E-state index contributed by atoms with van der Waals surface area (Å²) in [5.41, 5.74) is 8.00. The molecule has 22 heavy (non-hydrogen) atoms. The normalized spacial score (nSPS) is 11.6. The van der Waals surface area contributed by atoms with Crippen LogP contribution in [-0.2, 0) is 27.8 Å². The number of fused-ring (bicyclic) bond motifs is 1. The number of methoxy groups -OCH3 is 1. The number of carbonyl (C=O) groups excluding carboxylic acids is 2. The average Bonchev–Trinajstić information content (AvgIpc) is 2.81. The molecular weight excluding hydrogens is 306 g/mol. The van der Waals surface area contributed by atoms with E-state index in [2.05, 4.69) is 10.1 Å². The zero-order valence-corrected chi connectivity index (χ0v) is 13.4. The number of hydrogen-bond donors (Lipinski definition) is 2. The van der Waals surface area contributed by atoms with Crippen molar-refractivity contribution in [2.24, 2.45) is 12.8 Å². The van der Waals surface area contributed by atoms with Gasteiger partial charge < -0.3 is 20.4 Å². The highest BCUT2D eigenvalue weighted by atomic mass is 35.5. The maximum atomic E-state index is 11.9. The predicted molar refractivity (Wildman–Crippen MR) is 86.9 cm³/mol. The van der Waals surface area contributed by atoms with Gasteiger partial charge in [0.05, 0.1) is 13.2 Å². The summed E-state index contributed by atoms with van der Waals surface area (Å²) in [5, 5.41) is 3.54. The Balaban J connectivity index is 0.00000242.